The lowest BCUT2D eigenvalue weighted by Crippen LogP contribution is -2.48. The molecule has 0 spiro atoms. The van der Waals surface area contributed by atoms with E-state index < -0.39 is 0 Å². The van der Waals surface area contributed by atoms with Gasteiger partial charge in [-0.05, 0) is 51.4 Å². The Morgan fingerprint density at radius 3 is 1.50 bits per heavy atom. The van der Waals surface area contributed by atoms with Crippen LogP contribution in [0.15, 0.2) is 24.3 Å². The van der Waals surface area contributed by atoms with Crippen molar-refractivity contribution in [1.82, 2.24) is 10.6 Å². The minimum atomic E-state index is -0.149. The van der Waals surface area contributed by atoms with E-state index in [1.807, 2.05) is 0 Å². The van der Waals surface area contributed by atoms with E-state index in [1.54, 1.807) is 0 Å². The fourth-order valence-corrected chi connectivity index (χ4v) is 4.22. The number of carbonyl (C=O) groups excluding carboxylic acids is 2. The van der Waals surface area contributed by atoms with Crippen LogP contribution in [0.25, 0.3) is 0 Å². The molecule has 1 saturated carbocycles. The molecule has 4 atom stereocenters. The Morgan fingerprint density at radius 1 is 0.667 bits per heavy atom. The molecule has 0 aromatic carbocycles. The molecular weight excluding hydrogens is 300 g/mol. The largest absolute Gasteiger partial charge is 0.353 e. The van der Waals surface area contributed by atoms with Crippen LogP contribution >= 0.6 is 0 Å². The third-order valence-electron chi connectivity index (χ3n) is 5.67. The second-order valence-electron chi connectivity index (χ2n) is 7.48. The van der Waals surface area contributed by atoms with Crippen LogP contribution in [0.1, 0.15) is 64.2 Å². The molecule has 0 aliphatic heterocycles. The van der Waals surface area contributed by atoms with E-state index in [1.165, 1.54) is 0 Å². The number of rotatable bonds is 4. The summed E-state index contributed by atoms with van der Waals surface area (Å²) in [6, 6.07) is 0.494. The van der Waals surface area contributed by atoms with E-state index in [2.05, 4.69) is 34.9 Å². The monoisotopic (exact) mass is 330 g/mol. The average molecular weight is 330 g/mol. The first-order valence-corrected chi connectivity index (χ1v) is 9.65. The lowest BCUT2D eigenvalue weighted by Gasteiger charge is -2.32. The Labute approximate surface area is 145 Å². The van der Waals surface area contributed by atoms with Gasteiger partial charge in [0.25, 0.3) is 0 Å². The fraction of sp³-hybridized carbons (Fsp3) is 0.700. The number of allylic oxidation sites excluding steroid dienone is 2. The molecule has 0 aromatic rings. The summed E-state index contributed by atoms with van der Waals surface area (Å²) in [5, 5.41) is 6.39. The number of hydrogen-bond acceptors (Lipinski definition) is 2. The van der Waals surface area contributed by atoms with Gasteiger partial charge < -0.3 is 10.6 Å². The summed E-state index contributed by atoms with van der Waals surface area (Å²) in [5.41, 5.74) is 0. The molecular formula is C20H30N2O2. The van der Waals surface area contributed by atoms with E-state index in [4.69, 9.17) is 0 Å². The van der Waals surface area contributed by atoms with Crippen LogP contribution in [0, 0.1) is 11.8 Å². The van der Waals surface area contributed by atoms with Crippen molar-refractivity contribution < 1.29 is 9.59 Å². The zero-order valence-corrected chi connectivity index (χ0v) is 14.5. The average Bonchev–Trinajstić information content (AvgIpc) is 2.63. The van der Waals surface area contributed by atoms with Gasteiger partial charge in [0.1, 0.15) is 0 Å². The molecule has 4 heteroatoms. The van der Waals surface area contributed by atoms with E-state index in [9.17, 15) is 9.59 Å². The van der Waals surface area contributed by atoms with E-state index in [0.29, 0.717) is 0 Å². The molecule has 2 N–H and O–H groups in total. The van der Waals surface area contributed by atoms with Crippen molar-refractivity contribution in [3.63, 3.8) is 0 Å². The summed E-state index contributed by atoms with van der Waals surface area (Å²) in [4.78, 5) is 25.5. The Morgan fingerprint density at radius 2 is 1.12 bits per heavy atom. The summed E-state index contributed by atoms with van der Waals surface area (Å²) in [6.45, 7) is 0. The Kier molecular flexibility index (Phi) is 6.11. The van der Waals surface area contributed by atoms with Crippen molar-refractivity contribution >= 4 is 11.8 Å². The minimum absolute atomic E-state index is 0.0960. The quantitative estimate of drug-likeness (QED) is 0.778. The predicted octanol–water partition coefficient (Wildman–Crippen LogP) is 3.24. The molecule has 24 heavy (non-hydrogen) atoms. The van der Waals surface area contributed by atoms with Crippen LogP contribution in [0.5, 0.6) is 0 Å². The van der Waals surface area contributed by atoms with Crippen LogP contribution in [-0.2, 0) is 9.59 Å². The van der Waals surface area contributed by atoms with Gasteiger partial charge in [0.15, 0.2) is 0 Å². The number of carbonyl (C=O) groups is 2. The standard InChI is InChI=1S/C20H30N2O2/c23-19(21-15-9-3-1-4-10-15)17-13-7-8-14-18(17)20(24)22-16-11-5-2-6-12-16/h1-3,5,15-18H,4,6-14H2,(H,21,23)(H,22,24)/t15?,16?,17-,18-/m1/s1. The van der Waals surface area contributed by atoms with Crippen molar-refractivity contribution in [1.29, 1.82) is 0 Å². The first kappa shape index (κ1) is 17.2. The molecule has 3 aliphatic carbocycles. The zero-order chi connectivity index (χ0) is 16.8. The lowest BCUT2D eigenvalue weighted by atomic mass is 9.77. The van der Waals surface area contributed by atoms with Crippen LogP contribution in [0.3, 0.4) is 0 Å². The maximum absolute atomic E-state index is 12.7. The predicted molar refractivity (Wildman–Crippen MR) is 95.3 cm³/mol. The highest BCUT2D eigenvalue weighted by Crippen LogP contribution is 2.31. The summed E-state index contributed by atoms with van der Waals surface area (Å²) in [5.74, 6) is -0.107. The Balaban J connectivity index is 1.57. The highest BCUT2D eigenvalue weighted by Gasteiger charge is 2.36. The Bertz CT molecular complexity index is 466. The highest BCUT2D eigenvalue weighted by atomic mass is 16.2. The van der Waals surface area contributed by atoms with Gasteiger partial charge >= 0.3 is 0 Å². The molecule has 1 fully saturated rings. The minimum Gasteiger partial charge on any atom is -0.353 e. The molecule has 0 bridgehead atoms. The Hall–Kier alpha value is -1.58. The van der Waals surface area contributed by atoms with Gasteiger partial charge in [0.05, 0.1) is 0 Å². The topological polar surface area (TPSA) is 58.2 Å². The molecule has 3 aliphatic rings. The first-order valence-electron chi connectivity index (χ1n) is 9.65. The van der Waals surface area contributed by atoms with Gasteiger partial charge in [-0.3, -0.25) is 9.59 Å². The van der Waals surface area contributed by atoms with Gasteiger partial charge in [-0.15, -0.1) is 0 Å². The van der Waals surface area contributed by atoms with Crippen LogP contribution in [0.4, 0.5) is 0 Å². The third-order valence-corrected chi connectivity index (χ3v) is 5.67. The van der Waals surface area contributed by atoms with Crippen LogP contribution in [0.2, 0.25) is 0 Å². The van der Waals surface area contributed by atoms with Gasteiger partial charge in [0, 0.05) is 23.9 Å². The number of hydrogen-bond donors (Lipinski definition) is 2. The lowest BCUT2D eigenvalue weighted by molar-refractivity contribution is -0.137. The summed E-state index contributed by atoms with van der Waals surface area (Å²) in [6.07, 6.45) is 18.4. The van der Waals surface area contributed by atoms with Crippen LogP contribution < -0.4 is 10.6 Å². The molecule has 2 amide bonds. The maximum Gasteiger partial charge on any atom is 0.224 e. The SMILES string of the molecule is O=C(NC1CC=CCC1)[C@@H]1CCCC[C@H]1C(=O)NC1CC=CCC1. The van der Waals surface area contributed by atoms with Gasteiger partial charge in [-0.25, -0.2) is 0 Å². The normalized spacial score (nSPS) is 33.0. The van der Waals surface area contributed by atoms with Gasteiger partial charge in [0.2, 0.25) is 11.8 Å². The van der Waals surface area contributed by atoms with Gasteiger partial charge in [-0.1, -0.05) is 37.1 Å². The van der Waals surface area contributed by atoms with E-state index in [-0.39, 0.29) is 35.7 Å². The second-order valence-corrected chi connectivity index (χ2v) is 7.48. The highest BCUT2D eigenvalue weighted by molar-refractivity contribution is 5.88. The first-order chi connectivity index (χ1) is 11.7. The van der Waals surface area contributed by atoms with Crippen molar-refractivity contribution in [2.75, 3.05) is 0 Å². The van der Waals surface area contributed by atoms with Crippen molar-refractivity contribution in [2.24, 2.45) is 11.8 Å². The van der Waals surface area contributed by atoms with Gasteiger partial charge in [-0.2, -0.15) is 0 Å². The third kappa shape index (κ3) is 4.49. The van der Waals surface area contributed by atoms with E-state index >= 15 is 0 Å². The zero-order valence-electron chi connectivity index (χ0n) is 14.5. The number of amides is 2. The van der Waals surface area contributed by atoms with Crippen molar-refractivity contribution in [3.05, 3.63) is 24.3 Å². The van der Waals surface area contributed by atoms with Crippen molar-refractivity contribution in [3.8, 4) is 0 Å². The number of nitrogens with one attached hydrogen (secondary N) is 2. The van der Waals surface area contributed by atoms with Crippen molar-refractivity contribution in [2.45, 2.75) is 76.3 Å². The summed E-state index contributed by atoms with van der Waals surface area (Å²) in [7, 11) is 0. The smallest absolute Gasteiger partial charge is 0.224 e. The molecule has 0 saturated heterocycles. The molecule has 132 valence electrons. The molecule has 0 aromatic heterocycles. The summed E-state index contributed by atoms with van der Waals surface area (Å²) >= 11 is 0. The second kappa shape index (κ2) is 8.50. The summed E-state index contributed by atoms with van der Waals surface area (Å²) < 4.78 is 0. The molecule has 0 heterocycles. The molecule has 0 radical (unpaired) electrons. The van der Waals surface area contributed by atoms with Crippen LogP contribution in [-0.4, -0.2) is 23.9 Å². The molecule has 4 nitrogen and oxygen atoms in total. The van der Waals surface area contributed by atoms with E-state index in [0.717, 1.165) is 64.2 Å². The maximum atomic E-state index is 12.7. The molecule has 3 rings (SSSR count). The molecule has 2 unspecified atom stereocenters. The fourth-order valence-electron chi connectivity index (χ4n) is 4.22.